The summed E-state index contributed by atoms with van der Waals surface area (Å²) in [6.07, 6.45) is 8.28. The molecular weight excluding hydrogens is 412 g/mol. The van der Waals surface area contributed by atoms with E-state index in [1.165, 1.54) is 5.57 Å². The number of nitrogens with one attached hydrogen (secondary N) is 3. The number of nitrogens with zero attached hydrogens (tertiary/aromatic N) is 1. The van der Waals surface area contributed by atoms with Gasteiger partial charge in [-0.1, -0.05) is 23.8 Å². The first-order valence-electron chi connectivity index (χ1n) is 10.9. The third kappa shape index (κ3) is 7.33. The molecule has 6 nitrogen and oxygen atoms in total. The number of benzene rings is 1. The van der Waals surface area contributed by atoms with Gasteiger partial charge in [0.05, 0.1) is 5.69 Å². The minimum atomic E-state index is -0.0757. The van der Waals surface area contributed by atoms with Gasteiger partial charge in [0.25, 0.3) is 5.56 Å². The number of anilines is 1. The first-order chi connectivity index (χ1) is 14.5. The second kappa shape index (κ2) is 12.4. The Kier molecular flexibility index (Phi) is 9.95. The summed E-state index contributed by atoms with van der Waals surface area (Å²) >= 11 is 0. The van der Waals surface area contributed by atoms with Crippen molar-refractivity contribution in [2.75, 3.05) is 18.4 Å². The van der Waals surface area contributed by atoms with Crippen LogP contribution in [0.1, 0.15) is 57.1 Å². The molecule has 0 aliphatic heterocycles. The molecule has 1 aliphatic rings. The van der Waals surface area contributed by atoms with E-state index in [2.05, 4.69) is 40.8 Å². The van der Waals surface area contributed by atoms with Crippen LogP contribution in [-0.4, -0.2) is 29.2 Å². The predicted octanol–water partition coefficient (Wildman–Crippen LogP) is 4.40. The van der Waals surface area contributed by atoms with E-state index in [1.54, 1.807) is 0 Å². The Morgan fingerprint density at radius 2 is 1.94 bits per heavy atom. The molecule has 1 amide bonds. The van der Waals surface area contributed by atoms with Crippen LogP contribution in [0.2, 0.25) is 0 Å². The van der Waals surface area contributed by atoms with Crippen molar-refractivity contribution in [3.05, 3.63) is 57.4 Å². The van der Waals surface area contributed by atoms with Gasteiger partial charge in [0.2, 0.25) is 5.91 Å². The fraction of sp³-hybridized carbons (Fsp3) is 0.458. The Morgan fingerprint density at radius 3 is 2.71 bits per heavy atom. The van der Waals surface area contributed by atoms with Crippen molar-refractivity contribution in [1.29, 1.82) is 0 Å². The molecule has 1 heterocycles. The fourth-order valence-electron chi connectivity index (χ4n) is 3.78. The summed E-state index contributed by atoms with van der Waals surface area (Å²) in [5, 5.41) is 13.3. The molecule has 0 fully saturated rings. The number of amides is 1. The molecule has 3 rings (SSSR count). The van der Waals surface area contributed by atoms with Gasteiger partial charge >= 0.3 is 0 Å². The maximum atomic E-state index is 12.3. The van der Waals surface area contributed by atoms with E-state index in [9.17, 15) is 9.59 Å². The van der Waals surface area contributed by atoms with Crippen LogP contribution < -0.4 is 16.2 Å². The molecule has 1 aromatic heterocycles. The van der Waals surface area contributed by atoms with Gasteiger partial charge in [0, 0.05) is 29.8 Å². The minimum Gasteiger partial charge on any atom is -0.326 e. The van der Waals surface area contributed by atoms with Crippen LogP contribution in [0.25, 0.3) is 11.3 Å². The highest BCUT2D eigenvalue weighted by Gasteiger charge is 2.19. The number of carbonyl (C=O) groups excluding carboxylic acids is 1. The maximum absolute atomic E-state index is 12.3. The van der Waals surface area contributed by atoms with Gasteiger partial charge in [-0.25, -0.2) is 5.10 Å². The number of halogens is 1. The monoisotopic (exact) mass is 444 g/mol. The third-order valence-electron chi connectivity index (χ3n) is 5.38. The molecular formula is C24H33ClN4O2. The number of aromatic amines is 1. The molecule has 0 spiro atoms. The summed E-state index contributed by atoms with van der Waals surface area (Å²) in [4.78, 5) is 24.4. The second-order valence-electron chi connectivity index (χ2n) is 8.14. The summed E-state index contributed by atoms with van der Waals surface area (Å²) in [6, 6.07) is 7.72. The summed E-state index contributed by atoms with van der Waals surface area (Å²) < 4.78 is 0. The van der Waals surface area contributed by atoms with Crippen molar-refractivity contribution < 1.29 is 4.79 Å². The standard InChI is InChI=1S/C24H32N4O2.ClH/c1-17(2)13-15-25-14-6-5-12-22(29)26-19-9-7-8-18(16-19)23-20-10-3-4-11-21(20)24(30)28-27-23;/h7-9,13,16,25H,3-6,10-12,14-15H2,1-2H3,(H,26,29)(H,28,30);1H. The molecule has 1 aliphatic carbocycles. The second-order valence-corrected chi connectivity index (χ2v) is 8.14. The van der Waals surface area contributed by atoms with E-state index in [4.69, 9.17) is 0 Å². The van der Waals surface area contributed by atoms with Crippen LogP contribution in [0.4, 0.5) is 5.69 Å². The Labute approximate surface area is 190 Å². The number of carbonyl (C=O) groups is 1. The minimum absolute atomic E-state index is 0. The lowest BCUT2D eigenvalue weighted by Crippen LogP contribution is -2.21. The van der Waals surface area contributed by atoms with Crippen molar-refractivity contribution in [2.45, 2.75) is 58.8 Å². The average Bonchev–Trinajstić information content (AvgIpc) is 2.73. The van der Waals surface area contributed by atoms with Crippen molar-refractivity contribution in [3.8, 4) is 11.3 Å². The molecule has 0 saturated carbocycles. The van der Waals surface area contributed by atoms with E-state index in [0.717, 1.165) is 79.7 Å². The van der Waals surface area contributed by atoms with Gasteiger partial charge in [0.1, 0.15) is 0 Å². The number of rotatable bonds is 9. The molecule has 0 atom stereocenters. The number of allylic oxidation sites excluding steroid dienone is 1. The normalized spacial score (nSPS) is 12.5. The molecule has 3 N–H and O–H groups in total. The van der Waals surface area contributed by atoms with Crippen LogP contribution in [0.3, 0.4) is 0 Å². The molecule has 0 unspecified atom stereocenters. The highest BCUT2D eigenvalue weighted by atomic mass is 35.5. The van der Waals surface area contributed by atoms with Gasteiger partial charge < -0.3 is 10.6 Å². The fourth-order valence-corrected chi connectivity index (χ4v) is 3.78. The summed E-state index contributed by atoms with van der Waals surface area (Å²) in [6.45, 7) is 5.96. The summed E-state index contributed by atoms with van der Waals surface area (Å²) in [5.74, 6) is 0.0212. The lowest BCUT2D eigenvalue weighted by atomic mass is 9.90. The third-order valence-corrected chi connectivity index (χ3v) is 5.38. The van der Waals surface area contributed by atoms with Gasteiger partial charge in [0.15, 0.2) is 0 Å². The first kappa shape index (κ1) is 24.8. The zero-order chi connectivity index (χ0) is 21.3. The molecule has 0 bridgehead atoms. The number of hydrogen-bond acceptors (Lipinski definition) is 4. The Morgan fingerprint density at radius 1 is 1.16 bits per heavy atom. The quantitative estimate of drug-likeness (QED) is 0.395. The number of aromatic nitrogens is 2. The van der Waals surface area contributed by atoms with Gasteiger partial charge in [-0.2, -0.15) is 5.10 Å². The summed E-state index contributed by atoms with van der Waals surface area (Å²) in [5.41, 5.74) is 5.65. The Hall–Kier alpha value is -2.44. The van der Waals surface area contributed by atoms with Crippen LogP contribution in [0, 0.1) is 0 Å². The molecule has 0 saturated heterocycles. The molecule has 168 valence electrons. The van der Waals surface area contributed by atoms with Crippen LogP contribution in [-0.2, 0) is 17.6 Å². The van der Waals surface area contributed by atoms with E-state index >= 15 is 0 Å². The molecule has 2 aromatic rings. The van der Waals surface area contributed by atoms with E-state index in [1.807, 2.05) is 24.3 Å². The molecule has 31 heavy (non-hydrogen) atoms. The highest BCUT2D eigenvalue weighted by molar-refractivity contribution is 5.91. The summed E-state index contributed by atoms with van der Waals surface area (Å²) in [7, 11) is 0. The van der Waals surface area contributed by atoms with Gasteiger partial charge in [-0.3, -0.25) is 9.59 Å². The SMILES string of the molecule is CC(C)=CCNCCCCC(=O)Nc1cccc(-c2n[nH]c(=O)c3c2CCCC3)c1.Cl. The Balaban J connectivity index is 0.00000341. The number of hydrogen-bond donors (Lipinski definition) is 3. The van der Waals surface area contributed by atoms with Crippen molar-refractivity contribution in [3.63, 3.8) is 0 Å². The maximum Gasteiger partial charge on any atom is 0.267 e. The van der Waals surface area contributed by atoms with Crippen molar-refractivity contribution in [1.82, 2.24) is 15.5 Å². The lowest BCUT2D eigenvalue weighted by Gasteiger charge is -2.17. The highest BCUT2D eigenvalue weighted by Crippen LogP contribution is 2.29. The topological polar surface area (TPSA) is 86.9 Å². The van der Waals surface area contributed by atoms with Crippen LogP contribution in [0.15, 0.2) is 40.7 Å². The Bertz CT molecular complexity index is 964. The zero-order valence-electron chi connectivity index (χ0n) is 18.4. The van der Waals surface area contributed by atoms with Crippen molar-refractivity contribution in [2.24, 2.45) is 0 Å². The molecule has 0 radical (unpaired) electrons. The number of fused-ring (bicyclic) bond motifs is 1. The molecule has 1 aromatic carbocycles. The van der Waals surface area contributed by atoms with Gasteiger partial charge in [-0.15, -0.1) is 12.4 Å². The smallest absolute Gasteiger partial charge is 0.267 e. The lowest BCUT2D eigenvalue weighted by molar-refractivity contribution is -0.116. The first-order valence-corrected chi connectivity index (χ1v) is 10.9. The predicted molar refractivity (Wildman–Crippen MR) is 129 cm³/mol. The average molecular weight is 445 g/mol. The van der Waals surface area contributed by atoms with Crippen LogP contribution in [0.5, 0.6) is 0 Å². The number of unbranched alkanes of at least 4 members (excludes halogenated alkanes) is 1. The van der Waals surface area contributed by atoms with Crippen LogP contribution >= 0.6 is 12.4 Å². The largest absolute Gasteiger partial charge is 0.326 e. The van der Waals surface area contributed by atoms with Gasteiger partial charge in [-0.05, 0) is 76.6 Å². The number of H-pyrrole nitrogens is 1. The van der Waals surface area contributed by atoms with Crippen molar-refractivity contribution >= 4 is 24.0 Å². The molecule has 7 heteroatoms. The van der Waals surface area contributed by atoms with E-state index in [-0.39, 0.29) is 23.9 Å². The van der Waals surface area contributed by atoms with E-state index in [0.29, 0.717) is 6.42 Å². The van der Waals surface area contributed by atoms with E-state index < -0.39 is 0 Å². The zero-order valence-corrected chi connectivity index (χ0v) is 19.2.